The van der Waals surface area contributed by atoms with Crippen LogP contribution in [0.4, 0.5) is 13.2 Å². The lowest BCUT2D eigenvalue weighted by molar-refractivity contribution is -0.179. The number of halogens is 3. The van der Waals surface area contributed by atoms with Crippen LogP contribution in [0.1, 0.15) is 29.5 Å². The molecular formula is C24H23F3N2O5S. The lowest BCUT2D eigenvalue weighted by Crippen LogP contribution is -2.47. The fourth-order valence-corrected chi connectivity index (χ4v) is 6.10. The number of piperidine rings is 1. The summed E-state index contributed by atoms with van der Waals surface area (Å²) in [7, 11) is -3.69. The van der Waals surface area contributed by atoms with Crippen LogP contribution in [-0.2, 0) is 32.1 Å². The highest BCUT2D eigenvalue weighted by Gasteiger charge is 2.42. The van der Waals surface area contributed by atoms with Crippen molar-refractivity contribution in [3.8, 4) is 0 Å². The van der Waals surface area contributed by atoms with Gasteiger partial charge in [0.2, 0.25) is 15.6 Å². The van der Waals surface area contributed by atoms with Gasteiger partial charge in [-0.1, -0.05) is 18.2 Å². The number of alkyl halides is 3. The summed E-state index contributed by atoms with van der Waals surface area (Å²) in [4.78, 5) is 14.2. The Labute approximate surface area is 199 Å². The maximum Gasteiger partial charge on any atom is 0.417 e. The number of nitrogens with one attached hydrogen (secondary N) is 1. The number of sulfonamides is 1. The van der Waals surface area contributed by atoms with Gasteiger partial charge in [0.1, 0.15) is 0 Å². The molecule has 0 saturated carbocycles. The second kappa shape index (κ2) is 8.74. The average Bonchev–Trinajstić information content (AvgIpc) is 3.26. The summed E-state index contributed by atoms with van der Waals surface area (Å²) in [6.45, 7) is 1.62. The number of benzene rings is 2. The standard InChI is InChI=1S/C24H23F3N2O5S/c25-24(26,27)20-15-22(30)28-21-6-3-17(14-19(20)21)13-16-1-4-18(5-2-16)35(31,32)29-9-7-23(8-10-29)33-11-12-34-23/h1-6,14-15H,7-13H2,(H,28,30). The van der Waals surface area contributed by atoms with E-state index in [-0.39, 0.29) is 15.8 Å². The minimum absolute atomic E-state index is 0.0908. The molecule has 0 atom stereocenters. The van der Waals surface area contributed by atoms with Gasteiger partial charge in [0.05, 0.1) is 23.7 Å². The maximum atomic E-state index is 13.4. The van der Waals surface area contributed by atoms with E-state index in [1.54, 1.807) is 18.2 Å². The lowest BCUT2D eigenvalue weighted by Gasteiger charge is -2.36. The van der Waals surface area contributed by atoms with E-state index in [1.165, 1.54) is 28.6 Å². The van der Waals surface area contributed by atoms with Crippen LogP contribution in [0.25, 0.3) is 10.9 Å². The molecule has 2 aromatic carbocycles. The minimum Gasteiger partial charge on any atom is -0.347 e. The zero-order valence-electron chi connectivity index (χ0n) is 18.6. The first kappa shape index (κ1) is 24.0. The molecule has 11 heteroatoms. The highest BCUT2D eigenvalue weighted by atomic mass is 32.2. The number of aromatic amines is 1. The molecule has 5 rings (SSSR count). The summed E-state index contributed by atoms with van der Waals surface area (Å²) in [5, 5.41) is -0.0908. The first-order valence-corrected chi connectivity index (χ1v) is 12.6. The molecule has 1 aromatic heterocycles. The highest BCUT2D eigenvalue weighted by molar-refractivity contribution is 7.89. The molecule has 3 heterocycles. The van der Waals surface area contributed by atoms with Crippen molar-refractivity contribution >= 4 is 20.9 Å². The number of rotatable bonds is 4. The van der Waals surface area contributed by atoms with Gasteiger partial charge in [0, 0.05) is 42.9 Å². The second-order valence-corrected chi connectivity index (χ2v) is 10.7. The molecule has 0 amide bonds. The number of hydrogen-bond donors (Lipinski definition) is 1. The Kier molecular flexibility index (Phi) is 5.99. The summed E-state index contributed by atoms with van der Waals surface area (Å²) in [6, 6.07) is 11.4. The number of aromatic nitrogens is 1. The Hall–Kier alpha value is -2.73. The van der Waals surface area contributed by atoms with Crippen LogP contribution >= 0.6 is 0 Å². The monoisotopic (exact) mass is 508 g/mol. The molecule has 186 valence electrons. The van der Waals surface area contributed by atoms with Crippen molar-refractivity contribution in [1.29, 1.82) is 0 Å². The van der Waals surface area contributed by atoms with Crippen LogP contribution in [0, 0.1) is 0 Å². The van der Waals surface area contributed by atoms with Crippen LogP contribution in [0.3, 0.4) is 0 Å². The Bertz CT molecular complexity index is 1400. The predicted molar refractivity (Wildman–Crippen MR) is 121 cm³/mol. The van der Waals surface area contributed by atoms with Gasteiger partial charge in [0.15, 0.2) is 5.79 Å². The van der Waals surface area contributed by atoms with E-state index < -0.39 is 33.1 Å². The van der Waals surface area contributed by atoms with Crippen molar-refractivity contribution in [2.45, 2.75) is 36.1 Å². The fourth-order valence-electron chi connectivity index (χ4n) is 4.66. The van der Waals surface area contributed by atoms with Gasteiger partial charge in [-0.05, 0) is 41.8 Å². The van der Waals surface area contributed by atoms with Crippen molar-refractivity contribution in [3.05, 3.63) is 75.6 Å². The summed E-state index contributed by atoms with van der Waals surface area (Å²) in [5.74, 6) is -0.672. The summed E-state index contributed by atoms with van der Waals surface area (Å²) in [6.07, 6.45) is -3.42. The molecule has 35 heavy (non-hydrogen) atoms. The van der Waals surface area contributed by atoms with Crippen molar-refractivity contribution in [1.82, 2.24) is 9.29 Å². The molecule has 2 aliphatic heterocycles. The zero-order chi connectivity index (χ0) is 24.8. The van der Waals surface area contributed by atoms with E-state index in [2.05, 4.69) is 4.98 Å². The number of pyridine rings is 1. The first-order chi connectivity index (χ1) is 16.6. The molecular weight excluding hydrogens is 485 g/mol. The molecule has 1 N–H and O–H groups in total. The van der Waals surface area contributed by atoms with Gasteiger partial charge in [-0.25, -0.2) is 8.42 Å². The van der Waals surface area contributed by atoms with E-state index >= 15 is 0 Å². The average molecular weight is 509 g/mol. The van der Waals surface area contributed by atoms with E-state index in [0.717, 1.165) is 5.56 Å². The van der Waals surface area contributed by atoms with E-state index in [9.17, 15) is 26.4 Å². The molecule has 0 radical (unpaired) electrons. The summed E-state index contributed by atoms with van der Waals surface area (Å²) in [5.41, 5.74) is -0.361. The third kappa shape index (κ3) is 4.73. The van der Waals surface area contributed by atoms with Crippen LogP contribution in [0.2, 0.25) is 0 Å². The maximum absolute atomic E-state index is 13.4. The normalized spacial score (nSPS) is 18.9. The lowest BCUT2D eigenvalue weighted by atomic mass is 10.0. The molecule has 3 aromatic rings. The highest BCUT2D eigenvalue weighted by Crippen LogP contribution is 2.35. The Morgan fingerprint density at radius 3 is 2.20 bits per heavy atom. The van der Waals surface area contributed by atoms with Crippen LogP contribution in [0.15, 0.2) is 58.2 Å². The molecule has 0 aliphatic carbocycles. The third-order valence-electron chi connectivity index (χ3n) is 6.48. The van der Waals surface area contributed by atoms with Crippen molar-refractivity contribution < 1.29 is 31.1 Å². The first-order valence-electron chi connectivity index (χ1n) is 11.2. The third-order valence-corrected chi connectivity index (χ3v) is 8.39. The number of nitrogens with zero attached hydrogens (tertiary/aromatic N) is 1. The van der Waals surface area contributed by atoms with E-state index in [0.29, 0.717) is 57.2 Å². The Morgan fingerprint density at radius 1 is 0.943 bits per heavy atom. The zero-order valence-corrected chi connectivity index (χ0v) is 19.4. The van der Waals surface area contributed by atoms with Crippen molar-refractivity contribution in [2.75, 3.05) is 26.3 Å². The minimum atomic E-state index is -4.66. The summed E-state index contributed by atoms with van der Waals surface area (Å²) < 4.78 is 79.2. The number of fused-ring (bicyclic) bond motifs is 1. The largest absolute Gasteiger partial charge is 0.417 e. The van der Waals surface area contributed by atoms with Gasteiger partial charge in [-0.3, -0.25) is 4.79 Å². The van der Waals surface area contributed by atoms with Gasteiger partial charge in [-0.15, -0.1) is 0 Å². The predicted octanol–water partition coefficient (Wildman–Crippen LogP) is 3.67. The number of hydrogen-bond acceptors (Lipinski definition) is 5. The van der Waals surface area contributed by atoms with Gasteiger partial charge in [-0.2, -0.15) is 17.5 Å². The molecule has 1 spiro atoms. The quantitative estimate of drug-likeness (QED) is 0.581. The smallest absolute Gasteiger partial charge is 0.347 e. The number of ether oxygens (including phenoxy) is 2. The van der Waals surface area contributed by atoms with E-state index in [4.69, 9.17) is 9.47 Å². The summed E-state index contributed by atoms with van der Waals surface area (Å²) >= 11 is 0. The molecule has 2 saturated heterocycles. The van der Waals surface area contributed by atoms with Gasteiger partial charge in [0.25, 0.3) is 0 Å². The SMILES string of the molecule is O=c1cc(C(F)(F)F)c2cc(Cc3ccc(S(=O)(=O)N4CCC5(CC4)OCCO5)cc3)ccc2[nH]1. The van der Waals surface area contributed by atoms with Crippen molar-refractivity contribution in [2.24, 2.45) is 0 Å². The van der Waals surface area contributed by atoms with Gasteiger partial charge >= 0.3 is 6.18 Å². The molecule has 2 aliphatic rings. The molecule has 2 fully saturated rings. The molecule has 0 bridgehead atoms. The van der Waals surface area contributed by atoms with Crippen LogP contribution in [-0.4, -0.2) is 49.8 Å². The molecule has 0 unspecified atom stereocenters. The second-order valence-electron chi connectivity index (χ2n) is 8.76. The van der Waals surface area contributed by atoms with Crippen LogP contribution < -0.4 is 5.56 Å². The Morgan fingerprint density at radius 2 is 1.57 bits per heavy atom. The van der Waals surface area contributed by atoms with Gasteiger partial charge < -0.3 is 14.5 Å². The Balaban J connectivity index is 1.34. The van der Waals surface area contributed by atoms with E-state index in [1.807, 2.05) is 0 Å². The fraction of sp³-hybridized carbons (Fsp3) is 0.375. The number of H-pyrrole nitrogens is 1. The van der Waals surface area contributed by atoms with Crippen LogP contribution in [0.5, 0.6) is 0 Å². The van der Waals surface area contributed by atoms with Crippen molar-refractivity contribution in [3.63, 3.8) is 0 Å². The molecule has 7 nitrogen and oxygen atoms in total. The topological polar surface area (TPSA) is 88.7 Å².